The Morgan fingerprint density at radius 2 is 2.37 bits per heavy atom. The molecule has 0 spiro atoms. The van der Waals surface area contributed by atoms with Crippen molar-refractivity contribution in [2.24, 2.45) is 0 Å². The predicted molar refractivity (Wildman–Crippen MR) is 78.6 cm³/mol. The van der Waals surface area contributed by atoms with Crippen LogP contribution in [0.5, 0.6) is 0 Å². The molecule has 0 aromatic carbocycles. The highest BCUT2D eigenvalue weighted by Gasteiger charge is 2.34. The van der Waals surface area contributed by atoms with E-state index in [1.807, 2.05) is 27.7 Å². The Hall–Kier alpha value is -0.660. The quantitative estimate of drug-likeness (QED) is 0.587. The summed E-state index contributed by atoms with van der Waals surface area (Å²) in [5, 5.41) is 11.1. The van der Waals surface area contributed by atoms with Crippen LogP contribution >= 0.6 is 23.1 Å². The summed E-state index contributed by atoms with van der Waals surface area (Å²) in [6.07, 6.45) is 0.689. The molecule has 1 aromatic heterocycles. The van der Waals surface area contributed by atoms with Crippen LogP contribution in [0.25, 0.3) is 0 Å². The number of carbonyl (C=O) groups excluding carboxylic acids is 1. The second kappa shape index (κ2) is 7.81. The average Bonchev–Trinajstić information content (AvgIpc) is 2.81. The van der Waals surface area contributed by atoms with Crippen LogP contribution in [0.2, 0.25) is 0 Å². The topological polar surface area (TPSA) is 64.1 Å². The maximum Gasteiger partial charge on any atom is 0.326 e. The molecule has 0 saturated carbocycles. The third-order valence-corrected chi connectivity index (χ3v) is 4.36. The lowest BCUT2D eigenvalue weighted by atomic mass is 9.98. The Labute approximate surface area is 122 Å². The van der Waals surface area contributed by atoms with E-state index in [0.29, 0.717) is 13.0 Å². The van der Waals surface area contributed by atoms with Crippen molar-refractivity contribution in [2.75, 3.05) is 12.4 Å². The molecule has 108 valence electrons. The highest BCUT2D eigenvalue weighted by atomic mass is 32.2. The standard InChI is InChI=1S/C12H21N3O2S2/c1-5-17-10(16)12(4,14-9(2)3)6-7-18-11-15-13-8-19-11/h8-9,14H,5-7H2,1-4H3. The number of ether oxygens (including phenoxy) is 1. The lowest BCUT2D eigenvalue weighted by molar-refractivity contribution is -0.150. The van der Waals surface area contributed by atoms with Gasteiger partial charge in [0.2, 0.25) is 0 Å². The number of hydrogen-bond acceptors (Lipinski definition) is 7. The number of carbonyl (C=O) groups is 1. The van der Waals surface area contributed by atoms with Crippen LogP contribution in [-0.4, -0.2) is 40.1 Å². The van der Waals surface area contributed by atoms with Crippen molar-refractivity contribution in [2.45, 2.75) is 50.0 Å². The number of esters is 1. The van der Waals surface area contributed by atoms with Gasteiger partial charge < -0.3 is 4.74 Å². The van der Waals surface area contributed by atoms with Crippen LogP contribution in [0.15, 0.2) is 9.85 Å². The molecule has 1 atom stereocenters. The predicted octanol–water partition coefficient (Wildman–Crippen LogP) is 2.34. The SMILES string of the molecule is CCOC(=O)C(C)(CCSc1nncs1)NC(C)C. The van der Waals surface area contributed by atoms with E-state index < -0.39 is 5.54 Å². The van der Waals surface area contributed by atoms with Gasteiger partial charge in [0.1, 0.15) is 11.0 Å². The summed E-state index contributed by atoms with van der Waals surface area (Å²) in [7, 11) is 0. The number of nitrogens with one attached hydrogen (secondary N) is 1. The van der Waals surface area contributed by atoms with Crippen LogP contribution in [0, 0.1) is 0 Å². The fourth-order valence-corrected chi connectivity index (χ4v) is 3.45. The molecule has 0 amide bonds. The average molecular weight is 303 g/mol. The van der Waals surface area contributed by atoms with Gasteiger partial charge in [0.15, 0.2) is 4.34 Å². The number of aromatic nitrogens is 2. The Morgan fingerprint density at radius 3 is 2.89 bits per heavy atom. The first-order valence-electron chi connectivity index (χ1n) is 6.32. The first-order valence-corrected chi connectivity index (χ1v) is 8.18. The summed E-state index contributed by atoms with van der Waals surface area (Å²) in [6, 6.07) is 0.223. The maximum absolute atomic E-state index is 12.1. The Morgan fingerprint density at radius 1 is 1.63 bits per heavy atom. The molecular formula is C12H21N3O2S2. The molecule has 0 aliphatic rings. The molecule has 0 aliphatic carbocycles. The van der Waals surface area contributed by atoms with E-state index in [1.165, 1.54) is 11.3 Å². The molecule has 0 fully saturated rings. The van der Waals surface area contributed by atoms with Crippen molar-refractivity contribution < 1.29 is 9.53 Å². The highest BCUT2D eigenvalue weighted by molar-refractivity contribution is 8.00. The number of rotatable bonds is 8. The molecule has 0 radical (unpaired) electrons. The summed E-state index contributed by atoms with van der Waals surface area (Å²) in [5.41, 5.74) is 1.06. The molecule has 1 N–H and O–H groups in total. The fourth-order valence-electron chi connectivity index (χ4n) is 1.73. The molecule has 1 aromatic rings. The van der Waals surface area contributed by atoms with E-state index in [0.717, 1.165) is 10.1 Å². The molecule has 0 aliphatic heterocycles. The van der Waals surface area contributed by atoms with E-state index >= 15 is 0 Å². The van der Waals surface area contributed by atoms with E-state index in [2.05, 4.69) is 15.5 Å². The Kier molecular flexibility index (Phi) is 6.74. The molecule has 1 rings (SSSR count). The van der Waals surface area contributed by atoms with Gasteiger partial charge in [-0.3, -0.25) is 10.1 Å². The minimum absolute atomic E-state index is 0.193. The fraction of sp³-hybridized carbons (Fsp3) is 0.750. The zero-order valence-corrected chi connectivity index (χ0v) is 13.4. The van der Waals surface area contributed by atoms with Crippen LogP contribution in [0.4, 0.5) is 0 Å². The third kappa shape index (κ3) is 5.46. The van der Waals surface area contributed by atoms with Crippen molar-refractivity contribution in [3.8, 4) is 0 Å². The van der Waals surface area contributed by atoms with E-state index in [-0.39, 0.29) is 12.0 Å². The Bertz CT molecular complexity index is 384. The molecule has 19 heavy (non-hydrogen) atoms. The summed E-state index contributed by atoms with van der Waals surface area (Å²) < 4.78 is 6.09. The first kappa shape index (κ1) is 16.4. The molecular weight excluding hydrogens is 282 g/mol. The minimum Gasteiger partial charge on any atom is -0.465 e. The molecule has 7 heteroatoms. The van der Waals surface area contributed by atoms with Crippen LogP contribution < -0.4 is 5.32 Å². The molecule has 0 bridgehead atoms. The van der Waals surface area contributed by atoms with Gasteiger partial charge in [0.05, 0.1) is 6.61 Å². The van der Waals surface area contributed by atoms with Gasteiger partial charge in [-0.2, -0.15) is 0 Å². The number of thioether (sulfide) groups is 1. The van der Waals surface area contributed by atoms with Gasteiger partial charge in [0, 0.05) is 11.8 Å². The number of hydrogen-bond donors (Lipinski definition) is 1. The second-order valence-electron chi connectivity index (χ2n) is 4.65. The van der Waals surface area contributed by atoms with E-state index in [1.54, 1.807) is 17.3 Å². The lowest BCUT2D eigenvalue weighted by Gasteiger charge is -2.30. The van der Waals surface area contributed by atoms with Crippen LogP contribution in [0.1, 0.15) is 34.1 Å². The zero-order valence-electron chi connectivity index (χ0n) is 11.8. The van der Waals surface area contributed by atoms with Gasteiger partial charge in [0.25, 0.3) is 0 Å². The monoisotopic (exact) mass is 303 g/mol. The number of nitrogens with zero attached hydrogens (tertiary/aromatic N) is 2. The second-order valence-corrected chi connectivity index (χ2v) is 6.83. The summed E-state index contributed by atoms with van der Waals surface area (Å²) in [5.74, 6) is 0.603. The summed E-state index contributed by atoms with van der Waals surface area (Å²) in [6.45, 7) is 8.16. The van der Waals surface area contributed by atoms with E-state index in [4.69, 9.17) is 4.74 Å². The smallest absolute Gasteiger partial charge is 0.326 e. The maximum atomic E-state index is 12.1. The first-order chi connectivity index (χ1) is 8.98. The summed E-state index contributed by atoms with van der Waals surface area (Å²) in [4.78, 5) is 12.1. The van der Waals surface area contributed by atoms with Crippen molar-refractivity contribution in [1.82, 2.24) is 15.5 Å². The lowest BCUT2D eigenvalue weighted by Crippen LogP contribution is -2.53. The van der Waals surface area contributed by atoms with Gasteiger partial charge in [-0.05, 0) is 34.1 Å². The molecule has 0 saturated heterocycles. The van der Waals surface area contributed by atoms with Crippen LogP contribution in [0.3, 0.4) is 0 Å². The molecule has 1 unspecified atom stereocenters. The normalized spacial score (nSPS) is 14.4. The van der Waals surface area contributed by atoms with Crippen molar-refractivity contribution >= 4 is 29.1 Å². The highest BCUT2D eigenvalue weighted by Crippen LogP contribution is 2.24. The van der Waals surface area contributed by atoms with E-state index in [9.17, 15) is 4.79 Å². The Balaban J connectivity index is 2.55. The molecule has 5 nitrogen and oxygen atoms in total. The summed E-state index contributed by atoms with van der Waals surface area (Å²) >= 11 is 3.12. The zero-order chi connectivity index (χ0) is 14.3. The van der Waals surface area contributed by atoms with Gasteiger partial charge in [-0.1, -0.05) is 23.1 Å². The minimum atomic E-state index is -0.651. The van der Waals surface area contributed by atoms with Crippen LogP contribution in [-0.2, 0) is 9.53 Å². The van der Waals surface area contributed by atoms with Crippen molar-refractivity contribution in [1.29, 1.82) is 0 Å². The third-order valence-electron chi connectivity index (χ3n) is 2.50. The molecule has 1 heterocycles. The van der Waals surface area contributed by atoms with Gasteiger partial charge in [-0.25, -0.2) is 0 Å². The van der Waals surface area contributed by atoms with Gasteiger partial charge in [-0.15, -0.1) is 10.2 Å². The van der Waals surface area contributed by atoms with Crippen molar-refractivity contribution in [3.63, 3.8) is 0 Å². The van der Waals surface area contributed by atoms with Gasteiger partial charge >= 0.3 is 5.97 Å². The van der Waals surface area contributed by atoms with Crippen molar-refractivity contribution in [3.05, 3.63) is 5.51 Å². The largest absolute Gasteiger partial charge is 0.465 e.